The van der Waals surface area contributed by atoms with Gasteiger partial charge in [0.2, 0.25) is 5.91 Å². The van der Waals surface area contributed by atoms with Crippen LogP contribution in [0.15, 0.2) is 6.07 Å². The molecule has 20 heavy (non-hydrogen) atoms. The maximum Gasteiger partial charge on any atom is 0.220 e. The van der Waals surface area contributed by atoms with E-state index in [1.54, 1.807) is 0 Å². The number of hydrogen-bond acceptors (Lipinski definition) is 3. The van der Waals surface area contributed by atoms with Gasteiger partial charge in [0, 0.05) is 37.2 Å². The first-order valence-corrected chi connectivity index (χ1v) is 7.55. The molecule has 0 bridgehead atoms. The minimum atomic E-state index is 0.168. The lowest BCUT2D eigenvalue weighted by Gasteiger charge is -2.39. The van der Waals surface area contributed by atoms with Crippen molar-refractivity contribution < 1.29 is 9.53 Å². The highest BCUT2D eigenvalue weighted by molar-refractivity contribution is 5.76. The maximum atomic E-state index is 11.9. The number of rotatable bonds is 5. The molecule has 1 N–H and O–H groups in total. The predicted octanol–water partition coefficient (Wildman–Crippen LogP) is 1.57. The van der Waals surface area contributed by atoms with Gasteiger partial charge in [0.05, 0.1) is 11.8 Å². The zero-order valence-electron chi connectivity index (χ0n) is 12.3. The topological polar surface area (TPSA) is 56.2 Å². The summed E-state index contributed by atoms with van der Waals surface area (Å²) in [7, 11) is 0. The van der Waals surface area contributed by atoms with Gasteiger partial charge in [0.1, 0.15) is 0 Å². The van der Waals surface area contributed by atoms with Crippen LogP contribution in [0, 0.1) is 19.8 Å². The fraction of sp³-hybridized carbons (Fsp3) is 0.733. The predicted molar refractivity (Wildman–Crippen MR) is 75.3 cm³/mol. The summed E-state index contributed by atoms with van der Waals surface area (Å²) in [6, 6.07) is 2.41. The molecule has 110 valence electrons. The van der Waals surface area contributed by atoms with E-state index in [0.29, 0.717) is 24.5 Å². The van der Waals surface area contributed by atoms with E-state index in [9.17, 15) is 4.79 Å². The van der Waals surface area contributed by atoms with Crippen molar-refractivity contribution in [2.24, 2.45) is 5.92 Å². The van der Waals surface area contributed by atoms with E-state index < -0.39 is 0 Å². The lowest BCUT2D eigenvalue weighted by atomic mass is 9.76. The molecule has 2 heterocycles. The Labute approximate surface area is 119 Å². The van der Waals surface area contributed by atoms with Gasteiger partial charge in [-0.15, -0.1) is 0 Å². The van der Waals surface area contributed by atoms with Gasteiger partial charge in [-0.1, -0.05) is 0 Å². The molecule has 1 amide bonds. The fourth-order valence-corrected chi connectivity index (χ4v) is 3.33. The molecule has 1 saturated carbocycles. The van der Waals surface area contributed by atoms with Crippen LogP contribution in [-0.2, 0) is 16.1 Å². The van der Waals surface area contributed by atoms with Crippen LogP contribution in [0.1, 0.15) is 37.1 Å². The number of nitrogens with zero attached hydrogens (tertiary/aromatic N) is 2. The summed E-state index contributed by atoms with van der Waals surface area (Å²) in [4.78, 5) is 11.9. The van der Waals surface area contributed by atoms with Crippen molar-refractivity contribution in [3.63, 3.8) is 0 Å². The van der Waals surface area contributed by atoms with Crippen LogP contribution in [-0.4, -0.2) is 34.4 Å². The second-order valence-corrected chi connectivity index (χ2v) is 6.03. The highest BCUT2D eigenvalue weighted by Crippen LogP contribution is 2.38. The minimum absolute atomic E-state index is 0.168. The first-order chi connectivity index (χ1) is 9.63. The number of hydrogen-bond donors (Lipinski definition) is 1. The molecule has 1 aliphatic heterocycles. The van der Waals surface area contributed by atoms with E-state index in [4.69, 9.17) is 4.74 Å². The second kappa shape index (κ2) is 5.56. The van der Waals surface area contributed by atoms with E-state index >= 15 is 0 Å². The molecule has 5 nitrogen and oxygen atoms in total. The van der Waals surface area contributed by atoms with Crippen LogP contribution < -0.4 is 5.32 Å². The second-order valence-electron chi connectivity index (χ2n) is 6.03. The molecule has 1 aromatic heterocycles. The van der Waals surface area contributed by atoms with Crippen molar-refractivity contribution in [3.05, 3.63) is 17.5 Å². The summed E-state index contributed by atoms with van der Waals surface area (Å²) in [5.41, 5.74) is 2.20. The zero-order chi connectivity index (χ0) is 14.1. The molecule has 0 unspecified atom stereocenters. The van der Waals surface area contributed by atoms with Gasteiger partial charge < -0.3 is 10.1 Å². The Kier molecular flexibility index (Phi) is 3.78. The van der Waals surface area contributed by atoms with Crippen molar-refractivity contribution >= 4 is 5.91 Å². The Morgan fingerprint density at radius 1 is 1.55 bits per heavy atom. The number of ether oxygens (including phenoxy) is 1. The molecule has 1 aliphatic carbocycles. The van der Waals surface area contributed by atoms with E-state index in [1.807, 2.05) is 11.6 Å². The van der Waals surface area contributed by atoms with Crippen LogP contribution in [0.25, 0.3) is 0 Å². The van der Waals surface area contributed by atoms with Crippen LogP contribution in [0.5, 0.6) is 0 Å². The van der Waals surface area contributed by atoms with E-state index in [1.165, 1.54) is 0 Å². The third-order valence-electron chi connectivity index (χ3n) is 4.49. The number of aryl methyl sites for hydroxylation is 3. The first-order valence-electron chi connectivity index (χ1n) is 7.55. The Morgan fingerprint density at radius 2 is 2.40 bits per heavy atom. The maximum absolute atomic E-state index is 11.9. The summed E-state index contributed by atoms with van der Waals surface area (Å²) < 4.78 is 7.53. The van der Waals surface area contributed by atoms with Gasteiger partial charge in [-0.25, -0.2) is 0 Å². The summed E-state index contributed by atoms with van der Waals surface area (Å²) in [6.07, 6.45) is 3.92. The average molecular weight is 277 g/mol. The highest BCUT2D eigenvalue weighted by atomic mass is 16.5. The first kappa shape index (κ1) is 13.6. The summed E-state index contributed by atoms with van der Waals surface area (Å²) in [6.45, 7) is 5.72. The van der Waals surface area contributed by atoms with Crippen molar-refractivity contribution in [2.45, 2.75) is 58.2 Å². The standard InChI is InChI=1S/C15H23N3O2/c1-10-8-11(2)18(17-10)6-3-4-15(19)16-13-9-14-12(13)5-7-20-14/h8,12-14H,3-7,9H2,1-2H3,(H,16,19)/t12-,13-,14+/m1/s1. The Morgan fingerprint density at radius 3 is 3.10 bits per heavy atom. The average Bonchev–Trinajstić information content (AvgIpc) is 2.90. The Bertz CT molecular complexity index is 497. The Hall–Kier alpha value is -1.36. The molecule has 2 fully saturated rings. The molecule has 0 aromatic carbocycles. The van der Waals surface area contributed by atoms with Crippen molar-refractivity contribution in [3.8, 4) is 0 Å². The van der Waals surface area contributed by atoms with Crippen LogP contribution in [0.3, 0.4) is 0 Å². The number of fused-ring (bicyclic) bond motifs is 1. The third-order valence-corrected chi connectivity index (χ3v) is 4.49. The fourth-order valence-electron chi connectivity index (χ4n) is 3.33. The number of nitrogens with one attached hydrogen (secondary N) is 1. The lowest BCUT2D eigenvalue weighted by molar-refractivity contribution is -0.124. The molecule has 0 spiro atoms. The van der Waals surface area contributed by atoms with Crippen molar-refractivity contribution in [2.75, 3.05) is 6.61 Å². The monoisotopic (exact) mass is 277 g/mol. The Balaban J connectivity index is 1.38. The van der Waals surface area contributed by atoms with Crippen molar-refractivity contribution in [1.82, 2.24) is 15.1 Å². The molecule has 2 aliphatic rings. The van der Waals surface area contributed by atoms with Gasteiger partial charge in [-0.3, -0.25) is 9.48 Å². The molecule has 3 rings (SSSR count). The molecule has 1 saturated heterocycles. The van der Waals surface area contributed by atoms with E-state index in [2.05, 4.69) is 23.4 Å². The van der Waals surface area contributed by atoms with Crippen molar-refractivity contribution in [1.29, 1.82) is 0 Å². The molecule has 5 heteroatoms. The summed E-state index contributed by atoms with van der Waals surface area (Å²) in [5, 5.41) is 7.55. The normalized spacial score (nSPS) is 28.0. The smallest absolute Gasteiger partial charge is 0.220 e. The van der Waals surface area contributed by atoms with Gasteiger partial charge in [0.25, 0.3) is 0 Å². The van der Waals surface area contributed by atoms with Gasteiger partial charge in [0.15, 0.2) is 0 Å². The molecular weight excluding hydrogens is 254 g/mol. The highest BCUT2D eigenvalue weighted by Gasteiger charge is 2.45. The van der Waals surface area contributed by atoms with Gasteiger partial charge in [-0.2, -0.15) is 5.10 Å². The third kappa shape index (κ3) is 2.73. The molecule has 0 radical (unpaired) electrons. The largest absolute Gasteiger partial charge is 0.378 e. The summed E-state index contributed by atoms with van der Waals surface area (Å²) >= 11 is 0. The molecule has 1 aromatic rings. The van der Waals surface area contributed by atoms with Crippen LogP contribution >= 0.6 is 0 Å². The number of carbonyl (C=O) groups is 1. The number of carbonyl (C=O) groups excluding carboxylic acids is 1. The minimum Gasteiger partial charge on any atom is -0.378 e. The summed E-state index contributed by atoms with van der Waals surface area (Å²) in [5.74, 6) is 0.733. The quantitative estimate of drug-likeness (QED) is 0.889. The SMILES string of the molecule is Cc1cc(C)n(CCCC(=O)N[C@@H]2C[C@@H]3OCC[C@@H]32)n1. The zero-order valence-corrected chi connectivity index (χ0v) is 12.3. The van der Waals surface area contributed by atoms with E-state index in [0.717, 1.165) is 43.8 Å². The van der Waals surface area contributed by atoms with Gasteiger partial charge >= 0.3 is 0 Å². The van der Waals surface area contributed by atoms with Gasteiger partial charge in [-0.05, 0) is 39.2 Å². The lowest BCUT2D eigenvalue weighted by Crippen LogP contribution is -2.53. The van der Waals surface area contributed by atoms with E-state index in [-0.39, 0.29) is 5.91 Å². The van der Waals surface area contributed by atoms with Crippen LogP contribution in [0.2, 0.25) is 0 Å². The molecule has 3 atom stereocenters. The molecular formula is C15H23N3O2. The number of aromatic nitrogens is 2. The number of amides is 1. The van der Waals surface area contributed by atoms with Crippen LogP contribution in [0.4, 0.5) is 0 Å².